The summed E-state index contributed by atoms with van der Waals surface area (Å²) in [5.41, 5.74) is 7.59. The fraction of sp³-hybridized carbons (Fsp3) is 0.440. The number of rotatable bonds is 7. The molecule has 2 aliphatic heterocycles. The van der Waals surface area contributed by atoms with Crippen molar-refractivity contribution in [3.8, 4) is 0 Å². The fourth-order valence-electron chi connectivity index (χ4n) is 4.60. The smallest absolute Gasteiger partial charge is 0.414 e. The number of amides is 3. The van der Waals surface area contributed by atoms with E-state index in [1.807, 2.05) is 43.0 Å². The molecular weight excluding hydrogens is 470 g/mol. The number of para-hydroxylation sites is 1. The number of carbonyl (C=O) groups is 3. The van der Waals surface area contributed by atoms with Crippen molar-refractivity contribution >= 4 is 41.0 Å². The summed E-state index contributed by atoms with van der Waals surface area (Å²) in [6.45, 7) is 5.48. The Kier molecular flexibility index (Phi) is 7.45. The van der Waals surface area contributed by atoms with Gasteiger partial charge < -0.3 is 20.7 Å². The Morgan fingerprint density at radius 1 is 1.26 bits per heavy atom. The van der Waals surface area contributed by atoms with E-state index in [0.29, 0.717) is 37.0 Å². The molecule has 1 aromatic heterocycles. The molecule has 186 valence electrons. The van der Waals surface area contributed by atoms with Crippen molar-refractivity contribution in [3.63, 3.8) is 0 Å². The molecule has 2 aromatic rings. The Morgan fingerprint density at radius 3 is 2.63 bits per heavy atom. The van der Waals surface area contributed by atoms with Gasteiger partial charge in [-0.25, -0.2) is 9.78 Å². The number of carbonyl (C=O) groups excluding carboxylic acids is 3. The van der Waals surface area contributed by atoms with Crippen LogP contribution in [0.1, 0.15) is 49.0 Å². The zero-order valence-corrected chi connectivity index (χ0v) is 20.6. The average molecular weight is 500 g/mol. The normalized spacial score (nSPS) is 17.1. The molecule has 0 unspecified atom stereocenters. The maximum absolute atomic E-state index is 12.6. The predicted octanol–water partition coefficient (Wildman–Crippen LogP) is 3.49. The van der Waals surface area contributed by atoms with Gasteiger partial charge in [-0.15, -0.1) is 0 Å². The zero-order valence-electron chi connectivity index (χ0n) is 19.9. The van der Waals surface area contributed by atoms with Gasteiger partial charge in [0.1, 0.15) is 18.5 Å². The van der Waals surface area contributed by atoms with Crippen LogP contribution < -0.4 is 20.9 Å². The van der Waals surface area contributed by atoms with Crippen molar-refractivity contribution in [3.05, 3.63) is 52.7 Å². The molecule has 9 nitrogen and oxygen atoms in total. The van der Waals surface area contributed by atoms with Gasteiger partial charge in [0.05, 0.1) is 16.3 Å². The lowest BCUT2D eigenvalue weighted by atomic mass is 10.0. The Morgan fingerprint density at radius 2 is 1.97 bits per heavy atom. The number of nitrogens with one attached hydrogen (secondary N) is 1. The van der Waals surface area contributed by atoms with Crippen molar-refractivity contribution in [2.75, 3.05) is 22.9 Å². The number of nitrogens with zero attached hydrogens (tertiary/aromatic N) is 3. The molecule has 1 saturated heterocycles. The van der Waals surface area contributed by atoms with Gasteiger partial charge in [0.25, 0.3) is 5.91 Å². The molecule has 1 aromatic carbocycles. The van der Waals surface area contributed by atoms with Gasteiger partial charge in [-0.3, -0.25) is 14.5 Å². The van der Waals surface area contributed by atoms with Crippen molar-refractivity contribution in [2.24, 2.45) is 11.7 Å². The molecule has 2 aliphatic rings. The van der Waals surface area contributed by atoms with E-state index >= 15 is 0 Å². The van der Waals surface area contributed by atoms with Crippen LogP contribution in [0.2, 0.25) is 5.02 Å². The van der Waals surface area contributed by atoms with Gasteiger partial charge in [-0.05, 0) is 37.3 Å². The van der Waals surface area contributed by atoms with E-state index in [4.69, 9.17) is 22.1 Å². The van der Waals surface area contributed by atoms with Crippen molar-refractivity contribution in [1.82, 2.24) is 10.3 Å². The number of hydrogen-bond acceptors (Lipinski definition) is 6. The standard InChI is InChI=1S/C25H30ClN5O4/c1-15(2)11-20(22(27)32)29-24(33)17-12-19(26)23(28-13-17)30-9-7-18(8-10-30)31-21-6-4-3-5-16(21)14-35-25(31)34/h3-6,12-13,15,18,20H,7-11,14H2,1-2H3,(H2,27,32)(H,29,33)/t20-/m0/s1. The number of anilines is 2. The summed E-state index contributed by atoms with van der Waals surface area (Å²) >= 11 is 6.51. The van der Waals surface area contributed by atoms with E-state index in [1.54, 1.807) is 11.0 Å². The zero-order chi connectivity index (χ0) is 25.1. The van der Waals surface area contributed by atoms with Gasteiger partial charge in [0, 0.05) is 30.9 Å². The van der Waals surface area contributed by atoms with Crippen molar-refractivity contribution < 1.29 is 19.1 Å². The topological polar surface area (TPSA) is 118 Å². The highest BCUT2D eigenvalue weighted by molar-refractivity contribution is 6.33. The summed E-state index contributed by atoms with van der Waals surface area (Å²) in [6, 6.07) is 8.59. The largest absolute Gasteiger partial charge is 0.444 e. The maximum Gasteiger partial charge on any atom is 0.414 e. The number of piperidine rings is 1. The van der Waals surface area contributed by atoms with Crippen molar-refractivity contribution in [2.45, 2.75) is 51.8 Å². The summed E-state index contributed by atoms with van der Waals surface area (Å²) in [4.78, 5) is 45.1. The van der Waals surface area contributed by atoms with Crippen LogP contribution in [0.3, 0.4) is 0 Å². The summed E-state index contributed by atoms with van der Waals surface area (Å²) in [5.74, 6) is -0.251. The average Bonchev–Trinajstić information content (AvgIpc) is 2.83. The third-order valence-corrected chi connectivity index (χ3v) is 6.65. The molecule has 1 fully saturated rings. The van der Waals surface area contributed by atoms with Crippen molar-refractivity contribution in [1.29, 1.82) is 0 Å². The van der Waals surface area contributed by atoms with Crippen LogP contribution in [-0.4, -0.2) is 48.1 Å². The molecule has 0 radical (unpaired) electrons. The summed E-state index contributed by atoms with van der Waals surface area (Å²) in [6.07, 6.45) is 3.03. The minimum absolute atomic E-state index is 0.00992. The SMILES string of the molecule is CC(C)C[C@H](NC(=O)c1cnc(N2CCC(N3C(=O)OCc4ccccc43)CC2)c(Cl)c1)C(N)=O. The van der Waals surface area contributed by atoms with E-state index in [2.05, 4.69) is 10.3 Å². The minimum atomic E-state index is -0.758. The van der Waals surface area contributed by atoms with E-state index in [9.17, 15) is 14.4 Å². The second kappa shape index (κ2) is 10.5. The van der Waals surface area contributed by atoms with E-state index < -0.39 is 17.9 Å². The van der Waals surface area contributed by atoms with Gasteiger partial charge in [0.15, 0.2) is 0 Å². The molecule has 10 heteroatoms. The quantitative estimate of drug-likeness (QED) is 0.602. The van der Waals surface area contributed by atoms with Crippen LogP contribution >= 0.6 is 11.6 Å². The molecular formula is C25H30ClN5O4. The Labute approximate surface area is 209 Å². The lowest BCUT2D eigenvalue weighted by Gasteiger charge is -2.40. The molecule has 0 bridgehead atoms. The summed E-state index contributed by atoms with van der Waals surface area (Å²) in [7, 11) is 0. The third-order valence-electron chi connectivity index (χ3n) is 6.37. The van der Waals surface area contributed by atoms with E-state index in [-0.39, 0.29) is 23.6 Å². The second-order valence-corrected chi connectivity index (χ2v) is 9.77. The molecule has 0 spiro atoms. The minimum Gasteiger partial charge on any atom is -0.444 e. The first-order valence-corrected chi connectivity index (χ1v) is 12.2. The molecule has 0 aliphatic carbocycles. The predicted molar refractivity (Wildman–Crippen MR) is 133 cm³/mol. The highest BCUT2D eigenvalue weighted by Gasteiger charge is 2.34. The van der Waals surface area contributed by atoms with E-state index in [1.165, 1.54) is 6.20 Å². The number of pyridine rings is 1. The Bertz CT molecular complexity index is 1120. The number of aromatic nitrogens is 1. The van der Waals surface area contributed by atoms with Gasteiger partial charge in [0.2, 0.25) is 5.91 Å². The first kappa shape index (κ1) is 24.8. The number of hydrogen-bond donors (Lipinski definition) is 2. The fourth-order valence-corrected chi connectivity index (χ4v) is 4.89. The van der Waals surface area contributed by atoms with Crippen LogP contribution in [-0.2, 0) is 16.1 Å². The summed E-state index contributed by atoms with van der Waals surface area (Å²) < 4.78 is 5.37. The van der Waals surface area contributed by atoms with Gasteiger partial charge in [-0.1, -0.05) is 43.6 Å². The van der Waals surface area contributed by atoms with Crippen LogP contribution in [0.15, 0.2) is 36.5 Å². The lowest BCUT2D eigenvalue weighted by molar-refractivity contribution is -0.120. The monoisotopic (exact) mass is 499 g/mol. The van der Waals surface area contributed by atoms with Crippen LogP contribution in [0.5, 0.6) is 0 Å². The number of halogens is 1. The Hall–Kier alpha value is -3.33. The number of ether oxygens (including phenoxy) is 1. The molecule has 0 saturated carbocycles. The first-order chi connectivity index (χ1) is 16.7. The highest BCUT2D eigenvalue weighted by atomic mass is 35.5. The van der Waals surface area contributed by atoms with E-state index in [0.717, 1.165) is 24.1 Å². The second-order valence-electron chi connectivity index (χ2n) is 9.36. The van der Waals surface area contributed by atoms with Gasteiger partial charge in [-0.2, -0.15) is 0 Å². The van der Waals surface area contributed by atoms with Crippen LogP contribution in [0.25, 0.3) is 0 Å². The number of nitrogens with two attached hydrogens (primary N) is 1. The molecule has 3 N–H and O–H groups in total. The van der Waals surface area contributed by atoms with Gasteiger partial charge >= 0.3 is 6.09 Å². The van der Waals surface area contributed by atoms with Crippen LogP contribution in [0, 0.1) is 5.92 Å². The number of benzene rings is 1. The summed E-state index contributed by atoms with van der Waals surface area (Å²) in [5, 5.41) is 3.02. The molecule has 4 rings (SSSR count). The molecule has 1 atom stereocenters. The molecule has 35 heavy (non-hydrogen) atoms. The first-order valence-electron chi connectivity index (χ1n) is 11.8. The molecule has 3 amide bonds. The molecule has 3 heterocycles. The third kappa shape index (κ3) is 5.51. The maximum atomic E-state index is 12.6. The number of fused-ring (bicyclic) bond motifs is 1. The Balaban J connectivity index is 1.41. The van der Waals surface area contributed by atoms with Crippen LogP contribution in [0.4, 0.5) is 16.3 Å². The number of cyclic esters (lactones) is 1. The highest BCUT2D eigenvalue weighted by Crippen LogP contribution is 2.33. The lowest BCUT2D eigenvalue weighted by Crippen LogP contribution is -2.49. The number of primary amides is 1.